The van der Waals surface area contributed by atoms with E-state index >= 15 is 0 Å². The molecule has 0 saturated carbocycles. The number of hydrogen-bond acceptors (Lipinski definition) is 5. The molecule has 2 aromatic heterocycles. The predicted octanol–water partition coefficient (Wildman–Crippen LogP) is 1.71. The quantitative estimate of drug-likeness (QED) is 0.834. The summed E-state index contributed by atoms with van der Waals surface area (Å²) in [6, 6.07) is 2.48. The fraction of sp³-hybridized carbons (Fsp3) is 0.214. The van der Waals surface area contributed by atoms with Gasteiger partial charge in [0.15, 0.2) is 0 Å². The Morgan fingerprint density at radius 3 is 2.76 bits per heavy atom. The highest BCUT2D eigenvalue weighted by atomic mass is 16.5. The number of rotatable bonds is 4. The van der Waals surface area contributed by atoms with Crippen LogP contribution >= 0.6 is 0 Å². The molecule has 0 aliphatic carbocycles. The normalized spacial score (nSPS) is 10.2. The van der Waals surface area contributed by atoms with E-state index in [1.165, 1.54) is 12.3 Å². The molecule has 0 spiro atoms. The van der Waals surface area contributed by atoms with Gasteiger partial charge < -0.3 is 19.5 Å². The number of carbonyl (C=O) groups is 2. The number of H-pyrrole nitrogens is 1. The lowest BCUT2D eigenvalue weighted by molar-refractivity contribution is 0.0527. The number of amides is 1. The van der Waals surface area contributed by atoms with E-state index in [-0.39, 0.29) is 17.7 Å². The van der Waals surface area contributed by atoms with Crippen molar-refractivity contribution in [2.75, 3.05) is 11.9 Å². The molecular weight excluding hydrogens is 276 g/mol. The summed E-state index contributed by atoms with van der Waals surface area (Å²) in [4.78, 5) is 37.6. The molecule has 0 aromatic carbocycles. The predicted molar refractivity (Wildman–Crippen MR) is 74.4 cm³/mol. The third-order valence-corrected chi connectivity index (χ3v) is 2.77. The Hall–Kier alpha value is -2.83. The van der Waals surface area contributed by atoms with Crippen LogP contribution in [-0.2, 0) is 4.74 Å². The SMILES string of the molecule is CCOC(=O)c1c(NC(=O)c2ccc(=O)oc2)c[nH]c1C. The zero-order valence-corrected chi connectivity index (χ0v) is 11.6. The number of esters is 1. The minimum absolute atomic E-state index is 0.170. The van der Waals surface area contributed by atoms with Crippen molar-refractivity contribution in [2.24, 2.45) is 0 Å². The summed E-state index contributed by atoms with van der Waals surface area (Å²) in [7, 11) is 0. The topological polar surface area (TPSA) is 101 Å². The van der Waals surface area contributed by atoms with Crippen molar-refractivity contribution in [3.05, 3.63) is 51.8 Å². The van der Waals surface area contributed by atoms with Crippen LogP contribution in [0.4, 0.5) is 5.69 Å². The number of hydrogen-bond donors (Lipinski definition) is 2. The van der Waals surface area contributed by atoms with Crippen molar-refractivity contribution >= 4 is 17.6 Å². The van der Waals surface area contributed by atoms with Gasteiger partial charge in [-0.1, -0.05) is 0 Å². The van der Waals surface area contributed by atoms with Gasteiger partial charge in [-0.2, -0.15) is 0 Å². The van der Waals surface area contributed by atoms with Crippen molar-refractivity contribution in [1.82, 2.24) is 4.98 Å². The van der Waals surface area contributed by atoms with Crippen molar-refractivity contribution in [3.63, 3.8) is 0 Å². The van der Waals surface area contributed by atoms with Gasteiger partial charge in [0, 0.05) is 18.0 Å². The average molecular weight is 290 g/mol. The number of carbonyl (C=O) groups excluding carboxylic acids is 2. The van der Waals surface area contributed by atoms with Crippen LogP contribution in [0, 0.1) is 6.92 Å². The molecule has 0 bridgehead atoms. The molecule has 0 atom stereocenters. The van der Waals surface area contributed by atoms with Crippen LogP contribution in [0.25, 0.3) is 0 Å². The van der Waals surface area contributed by atoms with E-state index in [4.69, 9.17) is 4.74 Å². The molecule has 0 unspecified atom stereocenters. The Balaban J connectivity index is 2.23. The largest absolute Gasteiger partial charge is 0.462 e. The van der Waals surface area contributed by atoms with E-state index in [0.29, 0.717) is 11.4 Å². The zero-order chi connectivity index (χ0) is 15.4. The molecule has 0 radical (unpaired) electrons. The van der Waals surface area contributed by atoms with E-state index in [2.05, 4.69) is 14.7 Å². The highest BCUT2D eigenvalue weighted by Gasteiger charge is 2.19. The van der Waals surface area contributed by atoms with Gasteiger partial charge in [-0.3, -0.25) is 4.79 Å². The summed E-state index contributed by atoms with van der Waals surface area (Å²) in [5.74, 6) is -1.02. The van der Waals surface area contributed by atoms with Crippen molar-refractivity contribution in [2.45, 2.75) is 13.8 Å². The second kappa shape index (κ2) is 6.08. The minimum Gasteiger partial charge on any atom is -0.462 e. The monoisotopic (exact) mass is 290 g/mol. The molecule has 2 aromatic rings. The molecular formula is C14H14N2O5. The molecule has 2 rings (SSSR count). The van der Waals surface area contributed by atoms with Gasteiger partial charge in [0.05, 0.1) is 17.9 Å². The maximum atomic E-state index is 12.0. The lowest BCUT2D eigenvalue weighted by Crippen LogP contribution is -2.15. The van der Waals surface area contributed by atoms with Crippen molar-refractivity contribution < 1.29 is 18.7 Å². The Morgan fingerprint density at radius 2 is 2.14 bits per heavy atom. The number of aromatic nitrogens is 1. The van der Waals surface area contributed by atoms with E-state index in [9.17, 15) is 14.4 Å². The lowest BCUT2D eigenvalue weighted by atomic mass is 10.2. The first kappa shape index (κ1) is 14.6. The molecule has 21 heavy (non-hydrogen) atoms. The van der Waals surface area contributed by atoms with Gasteiger partial charge in [0.2, 0.25) is 0 Å². The lowest BCUT2D eigenvalue weighted by Gasteiger charge is -2.06. The fourth-order valence-corrected chi connectivity index (χ4v) is 1.77. The van der Waals surface area contributed by atoms with Crippen LogP contribution in [0.2, 0.25) is 0 Å². The van der Waals surface area contributed by atoms with Crippen LogP contribution in [0.1, 0.15) is 33.3 Å². The second-order valence-corrected chi connectivity index (χ2v) is 4.22. The molecule has 0 fully saturated rings. The number of aromatic amines is 1. The number of aryl methyl sites for hydroxylation is 1. The van der Waals surface area contributed by atoms with Gasteiger partial charge in [-0.05, 0) is 19.9 Å². The van der Waals surface area contributed by atoms with Gasteiger partial charge in [0.25, 0.3) is 5.91 Å². The first-order chi connectivity index (χ1) is 10.0. The summed E-state index contributed by atoms with van der Waals surface area (Å²) >= 11 is 0. The highest BCUT2D eigenvalue weighted by Crippen LogP contribution is 2.21. The Kier molecular flexibility index (Phi) is 4.22. The molecule has 1 amide bonds. The number of anilines is 1. The molecule has 0 aliphatic rings. The Labute approximate surface area is 119 Å². The third-order valence-electron chi connectivity index (χ3n) is 2.77. The Morgan fingerprint density at radius 1 is 1.38 bits per heavy atom. The summed E-state index contributed by atoms with van der Waals surface area (Å²) in [5, 5.41) is 2.57. The molecule has 2 N–H and O–H groups in total. The maximum absolute atomic E-state index is 12.0. The molecule has 7 heteroatoms. The van der Waals surface area contributed by atoms with Crippen LogP contribution in [0.15, 0.2) is 33.8 Å². The number of nitrogens with one attached hydrogen (secondary N) is 2. The van der Waals surface area contributed by atoms with E-state index in [1.807, 2.05) is 0 Å². The van der Waals surface area contributed by atoms with E-state index in [0.717, 1.165) is 12.3 Å². The van der Waals surface area contributed by atoms with Crippen LogP contribution in [0.3, 0.4) is 0 Å². The molecule has 0 aliphatic heterocycles. The van der Waals surface area contributed by atoms with Crippen molar-refractivity contribution in [1.29, 1.82) is 0 Å². The summed E-state index contributed by atoms with van der Waals surface area (Å²) < 4.78 is 9.56. The van der Waals surface area contributed by atoms with E-state index < -0.39 is 17.5 Å². The van der Waals surface area contributed by atoms with E-state index in [1.54, 1.807) is 13.8 Å². The van der Waals surface area contributed by atoms with Crippen LogP contribution in [-0.4, -0.2) is 23.5 Å². The molecule has 110 valence electrons. The Bertz CT molecular complexity index is 709. The van der Waals surface area contributed by atoms with Crippen LogP contribution < -0.4 is 10.9 Å². The smallest absolute Gasteiger partial charge is 0.342 e. The maximum Gasteiger partial charge on any atom is 0.342 e. The van der Waals surface area contributed by atoms with Gasteiger partial charge in [-0.25, -0.2) is 9.59 Å². The summed E-state index contributed by atoms with van der Waals surface area (Å²) in [6.45, 7) is 3.63. The number of ether oxygens (including phenoxy) is 1. The van der Waals surface area contributed by atoms with Gasteiger partial charge in [-0.15, -0.1) is 0 Å². The van der Waals surface area contributed by atoms with Gasteiger partial charge in [0.1, 0.15) is 11.8 Å². The van der Waals surface area contributed by atoms with Crippen molar-refractivity contribution in [3.8, 4) is 0 Å². The minimum atomic E-state index is -0.545. The fourth-order valence-electron chi connectivity index (χ4n) is 1.77. The zero-order valence-electron chi connectivity index (χ0n) is 11.6. The average Bonchev–Trinajstić information content (AvgIpc) is 2.80. The third kappa shape index (κ3) is 3.19. The van der Waals surface area contributed by atoms with Gasteiger partial charge >= 0.3 is 11.6 Å². The summed E-state index contributed by atoms with van der Waals surface area (Å²) in [5.41, 5.74) is 0.785. The van der Waals surface area contributed by atoms with Crippen LogP contribution in [0.5, 0.6) is 0 Å². The second-order valence-electron chi connectivity index (χ2n) is 4.22. The summed E-state index contributed by atoms with van der Waals surface area (Å²) in [6.07, 6.45) is 2.56. The molecule has 0 saturated heterocycles. The standard InChI is InChI=1S/C14H14N2O5/c1-3-20-14(19)12-8(2)15-6-10(12)16-13(18)9-4-5-11(17)21-7-9/h4-7,15H,3H2,1-2H3,(H,16,18). The molecule has 2 heterocycles. The highest BCUT2D eigenvalue weighted by molar-refractivity contribution is 6.08. The molecule has 7 nitrogen and oxygen atoms in total. The first-order valence-corrected chi connectivity index (χ1v) is 6.28. The first-order valence-electron chi connectivity index (χ1n) is 6.28.